The number of fused-ring (bicyclic) bond motifs is 20. The summed E-state index contributed by atoms with van der Waals surface area (Å²) in [6.45, 7) is 0. The van der Waals surface area contributed by atoms with E-state index in [0.29, 0.717) is 0 Å². The summed E-state index contributed by atoms with van der Waals surface area (Å²) in [7, 11) is 0. The molecule has 0 radical (unpaired) electrons. The molecule has 0 fully saturated rings. The molecular formula is C70H42N2O2S4. The number of nitrogens with zero attached hydrogens (tertiary/aromatic N) is 2. The topological polar surface area (TPSA) is 24.9 Å². The van der Waals surface area contributed by atoms with Gasteiger partial charge in [0.1, 0.15) is 33.0 Å². The van der Waals surface area contributed by atoms with Gasteiger partial charge in [0.05, 0.1) is 22.2 Å². The Kier molecular flexibility index (Phi) is 9.60. The number of rotatable bonds is 6. The van der Waals surface area contributed by atoms with E-state index in [1.54, 1.807) is 0 Å². The Bertz CT molecular complexity index is 4300. The Balaban J connectivity index is 1.05. The van der Waals surface area contributed by atoms with E-state index in [-0.39, 0.29) is 0 Å². The molecule has 0 atom stereocenters. The van der Waals surface area contributed by atoms with Crippen molar-refractivity contribution < 1.29 is 9.47 Å². The van der Waals surface area contributed by atoms with E-state index in [9.17, 15) is 0 Å². The predicted octanol–water partition coefficient (Wildman–Crippen LogP) is 20.8. The van der Waals surface area contributed by atoms with E-state index >= 15 is 0 Å². The van der Waals surface area contributed by atoms with Crippen LogP contribution >= 0.6 is 45.3 Å². The van der Waals surface area contributed by atoms with E-state index < -0.39 is 10.8 Å². The van der Waals surface area contributed by atoms with Crippen LogP contribution in [-0.2, 0) is 10.8 Å². The third-order valence-corrected chi connectivity index (χ3v) is 21.0. The van der Waals surface area contributed by atoms with Gasteiger partial charge in [-0.05, 0) is 108 Å². The highest BCUT2D eigenvalue weighted by Gasteiger charge is 2.61. The van der Waals surface area contributed by atoms with Crippen LogP contribution in [0.25, 0.3) is 40.3 Å². The summed E-state index contributed by atoms with van der Waals surface area (Å²) in [5.74, 6) is 3.40. The van der Waals surface area contributed by atoms with Crippen molar-refractivity contribution in [1.82, 2.24) is 0 Å². The summed E-state index contributed by atoms with van der Waals surface area (Å²) in [6.07, 6.45) is 0. The molecular weight excluding hydrogens is 1030 g/mol. The summed E-state index contributed by atoms with van der Waals surface area (Å²) in [5, 5.41) is 7.25. The lowest BCUT2D eigenvalue weighted by atomic mass is 9.54. The van der Waals surface area contributed by atoms with Crippen molar-refractivity contribution in [2.75, 3.05) is 9.80 Å². The molecule has 0 unspecified atom stereocenters. The molecule has 8 heteroatoms. The Hall–Kier alpha value is -8.76. The fourth-order valence-electron chi connectivity index (χ4n) is 13.2. The molecule has 0 saturated heterocycles. The van der Waals surface area contributed by atoms with Crippen molar-refractivity contribution in [2.24, 2.45) is 0 Å². The van der Waals surface area contributed by atoms with Crippen LogP contribution in [0, 0.1) is 0 Å². The van der Waals surface area contributed by atoms with Crippen LogP contribution in [0.2, 0.25) is 0 Å². The molecule has 0 saturated carbocycles. The van der Waals surface area contributed by atoms with Gasteiger partial charge in [-0.3, -0.25) is 0 Å². The van der Waals surface area contributed by atoms with Gasteiger partial charge < -0.3 is 19.3 Å². The van der Waals surface area contributed by atoms with Crippen LogP contribution < -0.4 is 19.3 Å². The maximum atomic E-state index is 7.10. The molecule has 17 rings (SSSR count). The molecule has 4 aromatic heterocycles. The van der Waals surface area contributed by atoms with Gasteiger partial charge in [-0.25, -0.2) is 0 Å². The molecule has 14 aromatic rings. The molecule has 368 valence electrons. The summed E-state index contributed by atoms with van der Waals surface area (Å²) < 4.78 is 19.3. The summed E-state index contributed by atoms with van der Waals surface area (Å²) in [5.41, 5.74) is 9.65. The van der Waals surface area contributed by atoms with Crippen molar-refractivity contribution in [3.05, 3.63) is 298 Å². The second-order valence-electron chi connectivity index (χ2n) is 20.2. The minimum atomic E-state index is -0.853. The van der Waals surface area contributed by atoms with Crippen LogP contribution in [0.4, 0.5) is 32.8 Å². The first-order valence-electron chi connectivity index (χ1n) is 26.2. The number of ether oxygens (including phenoxy) is 2. The van der Waals surface area contributed by atoms with E-state index in [4.69, 9.17) is 9.47 Å². The molecule has 0 N–H and O–H groups in total. The second-order valence-corrected chi connectivity index (χ2v) is 24.4. The van der Waals surface area contributed by atoms with E-state index in [1.807, 2.05) is 45.3 Å². The molecule has 3 aliphatic rings. The molecule has 4 nitrogen and oxygen atoms in total. The van der Waals surface area contributed by atoms with E-state index in [0.717, 1.165) is 78.0 Å². The summed E-state index contributed by atoms with van der Waals surface area (Å²) in [6, 6.07) is 93.5. The lowest BCUT2D eigenvalue weighted by Gasteiger charge is -2.50. The van der Waals surface area contributed by atoms with Crippen molar-refractivity contribution in [3.8, 4) is 23.0 Å². The maximum absolute atomic E-state index is 7.10. The van der Waals surface area contributed by atoms with Crippen LogP contribution in [0.1, 0.15) is 43.1 Å². The molecule has 6 heterocycles. The Morgan fingerprint density at radius 1 is 0.282 bits per heavy atom. The third-order valence-electron chi connectivity index (χ3n) is 16.2. The molecule has 78 heavy (non-hydrogen) atoms. The average molecular weight is 1070 g/mol. The predicted molar refractivity (Wildman–Crippen MR) is 328 cm³/mol. The quantitative estimate of drug-likeness (QED) is 0.166. The maximum Gasteiger partial charge on any atom is 0.132 e. The number of benzene rings is 10. The van der Waals surface area contributed by atoms with Crippen molar-refractivity contribution >= 4 is 118 Å². The van der Waals surface area contributed by atoms with Crippen LogP contribution in [0.5, 0.6) is 23.0 Å². The fourth-order valence-corrected chi connectivity index (χ4v) is 18.4. The normalized spacial score (nSPS) is 14.1. The number of hydrogen-bond donors (Lipinski definition) is 0. The molecule has 2 spiro atoms. The number of hydrogen-bond acceptors (Lipinski definition) is 8. The minimum absolute atomic E-state index is 0.850. The standard InChI is InChI=1S/C70H42N2O2S4/c1-3-21-43(22-4-1)71(53-31-19-39-61-65(53)45-25-7-17-37-59(45)75-61)63-41-51-67(77-63)70(49-29-11-15-35-57(49)74-58-36-16-12-30-50(58)70)52-42-64(78-68(52)69(51)47-27-9-13-33-55(47)73-56-34-14-10-28-48(56)69)72(44-23-5-2-6-24-44)54-32-20-40-62-66(54)46-26-8-18-38-60(46)76-62/h1-42H. The molecule has 0 amide bonds. The van der Waals surface area contributed by atoms with E-state index in [2.05, 4.69) is 265 Å². The zero-order chi connectivity index (χ0) is 51.1. The van der Waals surface area contributed by atoms with Crippen molar-refractivity contribution in [3.63, 3.8) is 0 Å². The first-order valence-corrected chi connectivity index (χ1v) is 29.5. The zero-order valence-corrected chi connectivity index (χ0v) is 44.9. The second kappa shape index (κ2) is 16.9. The van der Waals surface area contributed by atoms with Crippen LogP contribution in [0.15, 0.2) is 255 Å². The lowest BCUT2D eigenvalue weighted by molar-refractivity contribution is 0.418. The van der Waals surface area contributed by atoms with Gasteiger partial charge in [-0.1, -0.05) is 158 Å². The average Bonchev–Trinajstić information content (AvgIpc) is 4.47. The van der Waals surface area contributed by atoms with Crippen LogP contribution in [0.3, 0.4) is 0 Å². The van der Waals surface area contributed by atoms with Gasteiger partial charge in [0.2, 0.25) is 0 Å². The van der Waals surface area contributed by atoms with Gasteiger partial charge in [-0.15, -0.1) is 45.3 Å². The van der Waals surface area contributed by atoms with Gasteiger partial charge >= 0.3 is 0 Å². The van der Waals surface area contributed by atoms with Gasteiger partial charge in [0.25, 0.3) is 0 Å². The van der Waals surface area contributed by atoms with Crippen molar-refractivity contribution in [2.45, 2.75) is 10.8 Å². The molecule has 1 aliphatic carbocycles. The highest BCUT2D eigenvalue weighted by molar-refractivity contribution is 7.26. The Labute approximate surface area is 466 Å². The number of para-hydroxylation sites is 6. The zero-order valence-electron chi connectivity index (χ0n) is 41.6. The smallest absolute Gasteiger partial charge is 0.132 e. The monoisotopic (exact) mass is 1070 g/mol. The Morgan fingerprint density at radius 2 is 0.615 bits per heavy atom. The highest BCUT2D eigenvalue weighted by Crippen LogP contribution is 2.71. The van der Waals surface area contributed by atoms with E-state index in [1.165, 1.54) is 61.2 Å². The van der Waals surface area contributed by atoms with Crippen LogP contribution in [-0.4, -0.2) is 0 Å². The molecule has 2 aliphatic heterocycles. The lowest BCUT2D eigenvalue weighted by Crippen LogP contribution is -2.45. The first kappa shape index (κ1) is 44.4. The first-order chi connectivity index (χ1) is 38.7. The number of thiophene rings is 4. The molecule has 10 aromatic carbocycles. The highest BCUT2D eigenvalue weighted by atomic mass is 32.1. The van der Waals surface area contributed by atoms with Gasteiger partial charge in [0.15, 0.2) is 0 Å². The minimum Gasteiger partial charge on any atom is -0.457 e. The largest absolute Gasteiger partial charge is 0.457 e. The third kappa shape index (κ3) is 6.03. The Morgan fingerprint density at radius 3 is 1.01 bits per heavy atom. The van der Waals surface area contributed by atoms with Crippen molar-refractivity contribution in [1.29, 1.82) is 0 Å². The fraction of sp³-hybridized carbons (Fsp3) is 0.0286. The number of anilines is 6. The van der Waals surface area contributed by atoms with Gasteiger partial charge in [0, 0.05) is 83.7 Å². The summed E-state index contributed by atoms with van der Waals surface area (Å²) in [4.78, 5) is 7.54. The summed E-state index contributed by atoms with van der Waals surface area (Å²) >= 11 is 7.52. The molecule has 0 bridgehead atoms. The van der Waals surface area contributed by atoms with Gasteiger partial charge in [-0.2, -0.15) is 0 Å². The SMILES string of the molecule is c1ccc(N(c2cc3c(s2)C2(c4ccccc4Oc4ccccc42)c2cc(N(c4ccccc4)c4cccc5sc6ccccc6c45)sc2C32c3ccccc3Oc3ccccc32)c2cccc3sc4ccccc4c23)cc1.